The smallest absolute Gasteiger partial charge is 0.327 e. The molecule has 0 saturated carbocycles. The van der Waals surface area contributed by atoms with Crippen LogP contribution in [0.4, 0.5) is 11.6 Å². The number of pyridine rings is 1. The maximum absolute atomic E-state index is 15.2. The third-order valence-corrected chi connectivity index (χ3v) is 26.2. The first-order chi connectivity index (χ1) is 70.3. The van der Waals surface area contributed by atoms with Gasteiger partial charge in [-0.1, -0.05) is 65.4 Å². The van der Waals surface area contributed by atoms with Gasteiger partial charge in [0, 0.05) is 112 Å². The summed E-state index contributed by atoms with van der Waals surface area (Å²) in [4.78, 5) is 254. The summed E-state index contributed by atoms with van der Waals surface area (Å²) in [5.41, 5.74) is 9.48. The molecule has 1 aliphatic carbocycles. The van der Waals surface area contributed by atoms with Crippen LogP contribution in [0.3, 0.4) is 0 Å². The summed E-state index contributed by atoms with van der Waals surface area (Å²) in [7, 11) is 1.93. The van der Waals surface area contributed by atoms with Crippen molar-refractivity contribution in [1.29, 1.82) is 0 Å². The largest absolute Gasteiger partial charge is 0.481 e. The number of aliphatic hydroxyl groups excluding tert-OH is 15. The van der Waals surface area contributed by atoms with E-state index in [-0.39, 0.29) is 58.8 Å². The number of aromatic amines is 1. The van der Waals surface area contributed by atoms with Gasteiger partial charge in [-0.3, -0.25) is 76.9 Å². The zero-order valence-corrected chi connectivity index (χ0v) is 81.4. The Bertz CT molecular complexity index is 5520. The van der Waals surface area contributed by atoms with Crippen LogP contribution in [0.15, 0.2) is 113 Å². The molecule has 3 aromatic heterocycles. The van der Waals surface area contributed by atoms with Crippen LogP contribution in [0.5, 0.6) is 0 Å². The van der Waals surface area contributed by atoms with Gasteiger partial charge in [0.1, 0.15) is 108 Å². The molecule has 12 amide bonds. The Hall–Kier alpha value is -13.4. The highest BCUT2D eigenvalue weighted by Gasteiger charge is 2.40. The number of anilines is 2. The maximum atomic E-state index is 15.2. The van der Waals surface area contributed by atoms with Gasteiger partial charge in [0.05, 0.1) is 56.6 Å². The average Bonchev–Trinajstić information content (AvgIpc) is 1.61. The van der Waals surface area contributed by atoms with Crippen molar-refractivity contribution < 1.29 is 174 Å². The summed E-state index contributed by atoms with van der Waals surface area (Å²) in [5, 5.41) is 223. The molecule has 7 rings (SSSR count). The van der Waals surface area contributed by atoms with Crippen molar-refractivity contribution in [3.8, 4) is 11.1 Å². The molecular weight excluding hydrogens is 2020 g/mol. The van der Waals surface area contributed by atoms with Crippen LogP contribution in [0.1, 0.15) is 117 Å². The van der Waals surface area contributed by atoms with Gasteiger partial charge in [0.15, 0.2) is 11.2 Å². The zero-order chi connectivity index (χ0) is 109. The zero-order valence-electron chi connectivity index (χ0n) is 78.9. The molecule has 6 aromatic rings. The van der Waals surface area contributed by atoms with Gasteiger partial charge < -0.3 is 172 Å². The van der Waals surface area contributed by atoms with E-state index >= 15 is 14.4 Å². The number of thioether (sulfide) groups is 1. The van der Waals surface area contributed by atoms with Crippen molar-refractivity contribution in [2.75, 3.05) is 74.3 Å². The van der Waals surface area contributed by atoms with E-state index in [1.807, 2.05) is 48.5 Å². The molecule has 0 radical (unpaired) electrons. The summed E-state index contributed by atoms with van der Waals surface area (Å²) < 4.78 is 0. The molecule has 35 N–H and O–H groups in total. The summed E-state index contributed by atoms with van der Waals surface area (Å²) in [6.07, 6.45) is -34.9. The van der Waals surface area contributed by atoms with Crippen molar-refractivity contribution in [1.82, 2.24) is 88.7 Å². The number of rotatable bonds is 67. The molecule has 3 aromatic carbocycles. The lowest BCUT2D eigenvalue weighted by Crippen LogP contribution is -2.61. The number of aliphatic hydroxyl groups is 15. The minimum absolute atomic E-state index is 0.0139. The Morgan fingerprint density at radius 2 is 0.784 bits per heavy atom. The molecule has 0 fully saturated rings. The fourth-order valence-electron chi connectivity index (χ4n) is 14.4. The van der Waals surface area contributed by atoms with Crippen LogP contribution in [-0.4, -0.2) is 402 Å². The van der Waals surface area contributed by atoms with E-state index in [1.54, 1.807) is 18.2 Å². The number of hydrogen-bond donors (Lipinski definition) is 34. The standard InChI is InChI=1S/C90H121N19O36S3/c91-90-108-79-72(87(141)109-90)99-44(32-98-79)31-93-43-14-12-42(13-15-43)80(134)105-55(88(142)143)19-25-68(123)100-50(16-22-64(119)95-34-58(113)73(128)76(131)61(116)37-110)81(135)103-53(20-26-70(124)125)83(137)101-51(17-23-65(120)96-35-59(114)74(129)77(132)62(117)38-111)82(136)104-54(21-27-71(126)127)84(138)102-52(18-24-66(121)97-36-60(115)75(130)78(133)63(118)39-112)85(139)106-56(86(140)107-57(89(144)145)41-147-148-69-11-5-6-29-92-69)33-94-67(122)28-30-146-40-49-47-9-3-1-7-45(47)46-8-2-4-10-48(46)49/h1-15,29,32,49-63,73-78,93,110-118,128-133H,16-28,30-31,33-41H2,(H,94,122)(H,95,119)(H,96,120)(H,97,121)(H,100,123)(H,101,137)(H,102,138)(H,103,135)(H,104,136)(H,105,134)(H,106,139)(H,107,140)(H,124,125)(H,126,127)(H,142,143)(H,144,145)(H3,91,98,108,109,141). The van der Waals surface area contributed by atoms with Crippen LogP contribution in [0, 0.1) is 0 Å². The predicted octanol–water partition coefficient (Wildman–Crippen LogP) is -10.0. The number of aliphatic carboxylic acids is 4. The first-order valence-electron chi connectivity index (χ1n) is 46.0. The minimum Gasteiger partial charge on any atom is -0.481 e. The summed E-state index contributed by atoms with van der Waals surface area (Å²) in [5.74, 6) is -22.3. The number of H-pyrrole nitrogens is 1. The lowest BCUT2D eigenvalue weighted by molar-refractivity contribution is -0.142. The molecule has 58 heteroatoms. The van der Waals surface area contributed by atoms with Crippen LogP contribution in [0.25, 0.3) is 22.3 Å². The number of carboxylic acid groups (broad SMARTS) is 4. The van der Waals surface area contributed by atoms with E-state index in [1.165, 1.54) is 48.4 Å². The number of hydrogen-bond acceptors (Lipinski definition) is 41. The molecule has 0 bridgehead atoms. The Morgan fingerprint density at radius 1 is 0.399 bits per heavy atom. The highest BCUT2D eigenvalue weighted by molar-refractivity contribution is 8.76. The molecule has 20 atom stereocenters. The van der Waals surface area contributed by atoms with E-state index in [2.05, 4.69) is 94.0 Å². The number of nitrogen functional groups attached to an aromatic ring is 1. The van der Waals surface area contributed by atoms with Gasteiger partial charge in [-0.15, -0.1) is 0 Å². The predicted molar refractivity (Wildman–Crippen MR) is 520 cm³/mol. The van der Waals surface area contributed by atoms with Crippen molar-refractivity contribution in [3.05, 3.63) is 136 Å². The van der Waals surface area contributed by atoms with Gasteiger partial charge in [0.25, 0.3) is 11.5 Å². The second kappa shape index (κ2) is 61.4. The molecule has 0 saturated heterocycles. The number of amides is 12. The molecule has 3 heterocycles. The molecule has 55 nitrogen and oxygen atoms in total. The summed E-state index contributed by atoms with van der Waals surface area (Å²) in [6.45, 7) is -7.07. The molecule has 0 spiro atoms. The van der Waals surface area contributed by atoms with E-state index in [4.69, 9.17) is 5.73 Å². The van der Waals surface area contributed by atoms with Crippen molar-refractivity contribution in [2.45, 2.75) is 223 Å². The third-order valence-electron chi connectivity index (χ3n) is 22.8. The van der Waals surface area contributed by atoms with Crippen molar-refractivity contribution >= 4 is 151 Å². The summed E-state index contributed by atoms with van der Waals surface area (Å²) in [6, 6.07) is 8.78. The number of nitrogens with two attached hydrogens (primary N) is 1. The molecule has 1 aliphatic rings. The number of fused-ring (bicyclic) bond motifs is 4. The Morgan fingerprint density at radius 3 is 1.22 bits per heavy atom. The average molecular weight is 2140 g/mol. The first kappa shape index (κ1) is 122. The number of carbonyl (C=O) groups excluding carboxylic acids is 12. The lowest BCUT2D eigenvalue weighted by Gasteiger charge is -2.28. The monoisotopic (exact) mass is 2140 g/mol. The minimum atomic E-state index is -2.33. The van der Waals surface area contributed by atoms with Crippen LogP contribution >= 0.6 is 33.3 Å². The Balaban J connectivity index is 1.19. The van der Waals surface area contributed by atoms with E-state index in [0.717, 1.165) is 43.8 Å². The Labute approximate surface area is 853 Å². The molecule has 0 aliphatic heterocycles. The third kappa shape index (κ3) is 39.3. The quantitative estimate of drug-likeness (QED) is 0.0125. The second-order valence-electron chi connectivity index (χ2n) is 33.8. The molecule has 20 unspecified atom stereocenters. The number of nitrogens with zero attached hydrogens (tertiary/aromatic N) is 4. The van der Waals surface area contributed by atoms with Crippen LogP contribution < -0.4 is 80.4 Å². The van der Waals surface area contributed by atoms with Gasteiger partial charge in [-0.2, -0.15) is 16.7 Å². The fraction of sp³-hybridized carbons (Fsp3) is 0.500. The highest BCUT2D eigenvalue weighted by Crippen LogP contribution is 2.46. The number of carboxylic acids is 4. The SMILES string of the molecule is Nc1nc2ncc(CNc3ccc(C(=O)NC(CCC(=O)NC(CCC(=O)NCC(O)C(O)C(O)C(O)CO)C(=O)NC(CCC(=O)O)C(=O)NC(CCC(=O)NCC(O)C(O)C(O)C(O)CO)C(=O)NC(CCC(=O)O)C(=O)NC(CCC(=O)NCC(O)C(O)C(O)C(O)CO)C(=O)NC(CNC(=O)CCSCC4c5ccccc5-c5ccccc54)C(=O)NC(CSSc4ccccn4)C(=O)O)C(=O)O)cc3)nc2c(=O)[nH]1. The van der Waals surface area contributed by atoms with Gasteiger partial charge in [-0.05, 0) is 108 Å². The number of carbonyl (C=O) groups is 16. The van der Waals surface area contributed by atoms with Gasteiger partial charge in [0.2, 0.25) is 70.9 Å². The topological polar surface area (TPSA) is 924 Å². The first-order valence-corrected chi connectivity index (χ1v) is 49.5. The summed E-state index contributed by atoms with van der Waals surface area (Å²) >= 11 is 1.40. The van der Waals surface area contributed by atoms with E-state index < -0.39 is 345 Å². The number of aromatic nitrogens is 5. The lowest BCUT2D eigenvalue weighted by atomic mass is 9.99. The van der Waals surface area contributed by atoms with Crippen LogP contribution in [0.2, 0.25) is 0 Å². The highest BCUT2D eigenvalue weighted by atomic mass is 33.1. The van der Waals surface area contributed by atoms with Gasteiger partial charge >= 0.3 is 23.9 Å². The van der Waals surface area contributed by atoms with Gasteiger partial charge in [-0.25, -0.2) is 24.5 Å². The maximum Gasteiger partial charge on any atom is 0.327 e. The van der Waals surface area contributed by atoms with Crippen molar-refractivity contribution in [3.63, 3.8) is 0 Å². The normalized spacial score (nSPS) is 15.8. The Kier molecular flexibility index (Phi) is 50.4. The fourth-order valence-corrected chi connectivity index (χ4v) is 17.5. The van der Waals surface area contributed by atoms with Crippen LogP contribution in [-0.2, 0) is 78.5 Å². The molecule has 810 valence electrons. The second-order valence-corrected chi connectivity index (χ2v) is 37.3. The van der Waals surface area contributed by atoms with Crippen molar-refractivity contribution in [2.24, 2.45) is 0 Å². The van der Waals surface area contributed by atoms with E-state index in [9.17, 15) is 164 Å². The molecular formula is C90H121N19O36S3. The molecule has 148 heavy (non-hydrogen) atoms. The van der Waals surface area contributed by atoms with E-state index in [0.29, 0.717) is 16.5 Å². The number of benzene rings is 3. The number of nitrogens with one attached hydrogen (secondary N) is 14.